The minimum Gasteiger partial charge on any atom is -0.506 e. The normalized spacial score (nSPS) is 9.75. The number of hydrogen-bond acceptors (Lipinski definition) is 17. The Hall–Kier alpha value is -6.38. The molecular formula is C35H23BiBr3N11O9. The molecule has 6 heterocycles. The summed E-state index contributed by atoms with van der Waals surface area (Å²) >= 11 is 10.5. The van der Waals surface area contributed by atoms with Gasteiger partial charge in [0.25, 0.3) is 5.56 Å². The Labute approximate surface area is 371 Å². The van der Waals surface area contributed by atoms with Crippen molar-refractivity contribution in [2.24, 2.45) is 0 Å². The van der Waals surface area contributed by atoms with Gasteiger partial charge in [0, 0.05) is 32.0 Å². The zero-order chi connectivity index (χ0) is 44.0. The summed E-state index contributed by atoms with van der Waals surface area (Å²) in [6, 6.07) is 11.3. The molecule has 6 aromatic rings. The van der Waals surface area contributed by atoms with Gasteiger partial charge >= 0.3 is 111 Å². The van der Waals surface area contributed by atoms with Gasteiger partial charge in [0.15, 0.2) is 5.56 Å². The van der Waals surface area contributed by atoms with Crippen molar-refractivity contribution in [1.29, 1.82) is 15.8 Å². The number of ether oxygens (including phenoxy) is 2. The monoisotopic (exact) mass is 1190 g/mol. The van der Waals surface area contributed by atoms with Crippen LogP contribution in [0.1, 0.15) is 38.3 Å². The van der Waals surface area contributed by atoms with Crippen molar-refractivity contribution < 1.29 is 34.1 Å². The van der Waals surface area contributed by atoms with Gasteiger partial charge in [-0.1, -0.05) is 0 Å². The maximum absolute atomic E-state index is 11.4. The summed E-state index contributed by atoms with van der Waals surface area (Å²) < 4.78 is 11.9. The number of anilines is 2. The van der Waals surface area contributed by atoms with Gasteiger partial charge in [0.1, 0.15) is 46.6 Å². The Morgan fingerprint density at radius 3 is 1.75 bits per heavy atom. The van der Waals surface area contributed by atoms with Crippen molar-refractivity contribution in [1.82, 2.24) is 29.9 Å². The van der Waals surface area contributed by atoms with Gasteiger partial charge < -0.3 is 30.6 Å². The Kier molecular flexibility index (Phi) is 17.5. The van der Waals surface area contributed by atoms with Gasteiger partial charge in [-0.15, -0.1) is 0 Å². The number of nitrogens with zero attached hydrogens (tertiary/aromatic N) is 7. The van der Waals surface area contributed by atoms with Crippen molar-refractivity contribution in [3.05, 3.63) is 105 Å². The van der Waals surface area contributed by atoms with Crippen LogP contribution in [0.25, 0.3) is 22.1 Å². The fourth-order valence-electron chi connectivity index (χ4n) is 4.26. The number of nitriles is 3. The van der Waals surface area contributed by atoms with Crippen LogP contribution in [0.4, 0.5) is 11.6 Å². The van der Waals surface area contributed by atoms with E-state index in [0.29, 0.717) is 29.8 Å². The first-order valence-corrected chi connectivity index (χ1v) is 19.7. The molecule has 7 N–H and O–H groups in total. The average Bonchev–Trinajstić information content (AvgIpc) is 3.20. The van der Waals surface area contributed by atoms with Crippen molar-refractivity contribution in [3.8, 4) is 29.7 Å². The summed E-state index contributed by atoms with van der Waals surface area (Å²) in [4.78, 5) is 76.6. The number of carbonyl (C=O) groups excluding carboxylic acids is 3. The molecule has 0 aliphatic heterocycles. The fourth-order valence-corrected chi connectivity index (χ4v) is 5.98. The summed E-state index contributed by atoms with van der Waals surface area (Å²) in [5, 5.41) is 48.1. The van der Waals surface area contributed by atoms with Gasteiger partial charge in [0.2, 0.25) is 5.91 Å². The number of pyridine rings is 6. The maximum atomic E-state index is 11.4. The molecule has 24 heteroatoms. The van der Waals surface area contributed by atoms with E-state index in [1.807, 2.05) is 0 Å². The van der Waals surface area contributed by atoms with E-state index < -0.39 is 29.0 Å². The first-order valence-electron chi connectivity index (χ1n) is 15.5. The molecular weight excluding hydrogens is 1170 g/mol. The smallest absolute Gasteiger partial charge is 0.271 e. The second-order valence-corrected chi connectivity index (χ2v) is 15.5. The van der Waals surface area contributed by atoms with Crippen LogP contribution in [0, 0.1) is 34.0 Å². The van der Waals surface area contributed by atoms with Crippen LogP contribution in [0.2, 0.25) is 0 Å². The predicted octanol–water partition coefficient (Wildman–Crippen LogP) is 3.25. The quantitative estimate of drug-likeness (QED) is 0.109. The molecule has 0 saturated heterocycles. The predicted molar refractivity (Wildman–Crippen MR) is 220 cm³/mol. The van der Waals surface area contributed by atoms with Gasteiger partial charge in [-0.2, -0.15) is 10.5 Å². The zero-order valence-corrected chi connectivity index (χ0v) is 38.1. The van der Waals surface area contributed by atoms with E-state index in [0.717, 1.165) is 28.0 Å². The summed E-state index contributed by atoms with van der Waals surface area (Å²) in [7, 11) is 2.52. The summed E-state index contributed by atoms with van der Waals surface area (Å²) in [6.45, 7) is 0. The number of aromatic hydroxyl groups is 2. The van der Waals surface area contributed by atoms with Crippen LogP contribution in [0.15, 0.2) is 72.1 Å². The summed E-state index contributed by atoms with van der Waals surface area (Å²) in [5.41, 5.74) is 4.54. The van der Waals surface area contributed by atoms with E-state index in [4.69, 9.17) is 21.5 Å². The Morgan fingerprint density at radius 1 is 0.763 bits per heavy atom. The van der Waals surface area contributed by atoms with Crippen molar-refractivity contribution in [2.75, 3.05) is 25.3 Å². The van der Waals surface area contributed by atoms with Gasteiger partial charge in [-0.25, -0.2) is 24.5 Å². The number of nitrogens with two attached hydrogens (primary N) is 1. The number of methoxy groups -OCH3 is 2. The van der Waals surface area contributed by atoms with E-state index in [1.54, 1.807) is 42.6 Å². The molecule has 0 aliphatic carbocycles. The van der Waals surface area contributed by atoms with Crippen LogP contribution in [-0.4, -0.2) is 96.9 Å². The van der Waals surface area contributed by atoms with Crippen LogP contribution in [-0.2, 0) is 14.3 Å². The van der Waals surface area contributed by atoms with Crippen LogP contribution < -0.4 is 25.4 Å². The van der Waals surface area contributed by atoms with E-state index >= 15 is 0 Å². The number of amides is 1. The number of nitrogens with one attached hydrogen (secondary N) is 3. The number of hydrogen-bond donors (Lipinski definition) is 6. The third-order valence-corrected chi connectivity index (χ3v) is 9.15. The zero-order valence-electron chi connectivity index (χ0n) is 29.9. The van der Waals surface area contributed by atoms with Crippen molar-refractivity contribution >= 4 is 127 Å². The second kappa shape index (κ2) is 22.0. The molecule has 0 saturated carbocycles. The molecule has 298 valence electrons. The molecule has 0 atom stereocenters. The van der Waals surface area contributed by atoms with Gasteiger partial charge in [0.05, 0.1) is 25.7 Å². The molecule has 20 nitrogen and oxygen atoms in total. The molecule has 0 unspecified atom stereocenters. The molecule has 0 aliphatic rings. The minimum absolute atomic E-state index is 0.0697. The van der Waals surface area contributed by atoms with Crippen molar-refractivity contribution in [2.45, 2.75) is 6.42 Å². The SMILES string of the molecule is COC(=O)c1cc(Br)cnc1N.COC(=O)c1cc(Br)cnc1NC(=O)CC#N.N#Cc1c(O)c2c[c]([Bi])cnc2[nH]c1=O.N#Cc1c(O)c2cc(Br)cnc2[nH]c1=O. The topological polar surface area (TPSA) is 337 Å². The molecule has 2 radical (unpaired) electrons. The first-order chi connectivity index (χ1) is 28.0. The Balaban J connectivity index is 0.000000212. The standard InChI is InChI=1S/C10H8BrN3O3.C9H4BrN3O2.C9H4N3O2.C7H7BrN2O2.Bi/c1-17-10(16)7-4-6(11)5-13-9(7)14-8(15)2-3-12;10-4-1-5-7(14)6(2-11)9(15)13-8(5)12-3-4;10-4-6-7(13)5-2-1-3-11-8(5)12-9(6)14;1-12-7(11)5-2-4(8)3-10-6(5)9;/h4-5H,2H2,1H3,(H,13,14,15);1,3H,(H2,12,13,14,15);2-3H,(H2,11,12,13,14);2-3H,1H3,(H2,9,10);. The van der Waals surface area contributed by atoms with Gasteiger partial charge in [-0.05, 0) is 66.0 Å². The molecule has 6 rings (SSSR count). The maximum Gasteiger partial charge on any atom is 0.271 e. The first kappa shape index (κ1) is 47.0. The second-order valence-electron chi connectivity index (χ2n) is 10.7. The minimum atomic E-state index is -0.641. The molecule has 0 spiro atoms. The summed E-state index contributed by atoms with van der Waals surface area (Å²) in [5.74, 6) is -2.04. The van der Waals surface area contributed by atoms with Gasteiger partial charge in [-0.3, -0.25) is 9.59 Å². The molecule has 6 aromatic heterocycles. The Morgan fingerprint density at radius 2 is 1.22 bits per heavy atom. The number of carbonyl (C=O) groups is 3. The van der Waals surface area contributed by atoms with E-state index in [9.17, 15) is 34.2 Å². The number of nitrogen functional groups attached to an aromatic ring is 1. The molecule has 0 aromatic carbocycles. The van der Waals surface area contributed by atoms with E-state index in [1.165, 1.54) is 38.9 Å². The number of halogens is 3. The van der Waals surface area contributed by atoms with Crippen LogP contribution in [0.5, 0.6) is 11.5 Å². The molecule has 0 fully saturated rings. The number of fused-ring (bicyclic) bond motifs is 2. The summed E-state index contributed by atoms with van der Waals surface area (Å²) in [6.07, 6.45) is 5.75. The van der Waals surface area contributed by atoms with E-state index in [2.05, 4.69) is 92.5 Å². The largest absolute Gasteiger partial charge is 0.506 e. The fraction of sp³-hybridized carbons (Fsp3) is 0.0857. The third-order valence-electron chi connectivity index (χ3n) is 6.90. The number of aromatic amines is 2. The average molecular weight is 1190 g/mol. The number of H-pyrrole nitrogens is 2. The van der Waals surface area contributed by atoms with Crippen molar-refractivity contribution in [3.63, 3.8) is 0 Å². The third kappa shape index (κ3) is 12.6. The molecule has 59 heavy (non-hydrogen) atoms. The molecule has 1 amide bonds. The van der Waals surface area contributed by atoms with E-state index in [-0.39, 0.29) is 57.5 Å². The number of esters is 2. The number of rotatable bonds is 4. The van der Waals surface area contributed by atoms with Crippen LogP contribution in [0.3, 0.4) is 0 Å². The Bertz CT molecular complexity index is 2740. The molecule has 0 bridgehead atoms. The van der Waals surface area contributed by atoms with Crippen LogP contribution >= 0.6 is 47.8 Å². The number of aromatic nitrogens is 6.